The first-order valence-electron chi connectivity index (χ1n) is 5.43. The van der Waals surface area contributed by atoms with Crippen LogP contribution in [0, 0.1) is 0 Å². The second-order valence-electron chi connectivity index (χ2n) is 3.79. The summed E-state index contributed by atoms with van der Waals surface area (Å²) >= 11 is 9.30. The average Bonchev–Trinajstić information content (AvgIpc) is 2.41. The van der Waals surface area contributed by atoms with Gasteiger partial charge in [-0.05, 0) is 45.8 Å². The molecule has 0 saturated carbocycles. The Hall–Kier alpha value is -1.10. The van der Waals surface area contributed by atoms with Gasteiger partial charge in [0.1, 0.15) is 0 Å². The maximum atomic E-state index is 9.44. The summed E-state index contributed by atoms with van der Waals surface area (Å²) in [5, 5.41) is 13.3. The van der Waals surface area contributed by atoms with Gasteiger partial charge in [0.25, 0.3) is 0 Å². The van der Waals surface area contributed by atoms with Crippen molar-refractivity contribution in [2.45, 2.75) is 6.04 Å². The lowest BCUT2D eigenvalue weighted by Gasteiger charge is -2.18. The van der Waals surface area contributed by atoms with Crippen LogP contribution in [0.25, 0.3) is 0 Å². The van der Waals surface area contributed by atoms with Gasteiger partial charge in [-0.2, -0.15) is 0 Å². The van der Waals surface area contributed by atoms with E-state index in [4.69, 9.17) is 11.6 Å². The summed E-state index contributed by atoms with van der Waals surface area (Å²) < 4.78 is 0.817. The van der Waals surface area contributed by atoms with Crippen LogP contribution >= 0.6 is 27.5 Å². The number of hydrogen-bond acceptors (Lipinski definition) is 3. The van der Waals surface area contributed by atoms with E-state index in [0.717, 1.165) is 15.7 Å². The van der Waals surface area contributed by atoms with Gasteiger partial charge in [-0.25, -0.2) is 0 Å². The van der Waals surface area contributed by atoms with Gasteiger partial charge in [0.2, 0.25) is 0 Å². The Morgan fingerprint density at radius 2 is 2.22 bits per heavy atom. The van der Waals surface area contributed by atoms with Crippen molar-refractivity contribution >= 4 is 33.2 Å². The summed E-state index contributed by atoms with van der Waals surface area (Å²) in [5.41, 5.74) is 1.82. The Labute approximate surface area is 119 Å². The SMILES string of the molecule is OCC(Nc1ccc(Cl)c(Br)c1)c1cccnc1. The van der Waals surface area contributed by atoms with Crippen molar-refractivity contribution in [1.82, 2.24) is 4.98 Å². The number of aliphatic hydroxyl groups is 1. The molecule has 2 rings (SSSR count). The number of hydrogen-bond donors (Lipinski definition) is 2. The molecule has 94 valence electrons. The van der Waals surface area contributed by atoms with E-state index in [-0.39, 0.29) is 12.6 Å². The molecule has 0 radical (unpaired) electrons. The van der Waals surface area contributed by atoms with E-state index >= 15 is 0 Å². The third-order valence-electron chi connectivity index (χ3n) is 2.53. The first-order chi connectivity index (χ1) is 8.70. The molecule has 0 bridgehead atoms. The van der Waals surface area contributed by atoms with E-state index in [1.165, 1.54) is 0 Å². The Kier molecular flexibility index (Phi) is 4.58. The van der Waals surface area contributed by atoms with Crippen molar-refractivity contribution < 1.29 is 5.11 Å². The van der Waals surface area contributed by atoms with Gasteiger partial charge >= 0.3 is 0 Å². The second-order valence-corrected chi connectivity index (χ2v) is 5.06. The Morgan fingerprint density at radius 3 is 2.83 bits per heavy atom. The first-order valence-corrected chi connectivity index (χ1v) is 6.60. The van der Waals surface area contributed by atoms with Crippen molar-refractivity contribution in [3.8, 4) is 0 Å². The van der Waals surface area contributed by atoms with Crippen molar-refractivity contribution in [2.24, 2.45) is 0 Å². The monoisotopic (exact) mass is 326 g/mol. The van der Waals surface area contributed by atoms with Crippen molar-refractivity contribution in [3.05, 3.63) is 57.8 Å². The summed E-state index contributed by atoms with van der Waals surface area (Å²) in [4.78, 5) is 4.05. The molecule has 0 aliphatic rings. The van der Waals surface area contributed by atoms with E-state index in [0.29, 0.717) is 5.02 Å². The van der Waals surface area contributed by atoms with Gasteiger partial charge in [0, 0.05) is 22.6 Å². The molecule has 0 saturated heterocycles. The minimum absolute atomic E-state index is 0.00800. The van der Waals surface area contributed by atoms with Gasteiger partial charge < -0.3 is 10.4 Å². The molecule has 18 heavy (non-hydrogen) atoms. The molecule has 0 amide bonds. The molecule has 0 fully saturated rings. The highest BCUT2D eigenvalue weighted by Crippen LogP contribution is 2.27. The predicted molar refractivity (Wildman–Crippen MR) is 76.8 cm³/mol. The van der Waals surface area contributed by atoms with Crippen LogP contribution in [-0.4, -0.2) is 16.7 Å². The fourth-order valence-corrected chi connectivity index (χ4v) is 2.10. The number of nitrogens with one attached hydrogen (secondary N) is 1. The molecule has 2 aromatic rings. The molecular weight excluding hydrogens is 316 g/mol. The smallest absolute Gasteiger partial charge is 0.0759 e. The lowest BCUT2D eigenvalue weighted by molar-refractivity contribution is 0.276. The zero-order chi connectivity index (χ0) is 13.0. The van der Waals surface area contributed by atoms with Gasteiger partial charge in [0.05, 0.1) is 17.7 Å². The topological polar surface area (TPSA) is 45.1 Å². The lowest BCUT2D eigenvalue weighted by atomic mass is 10.1. The molecule has 1 aromatic heterocycles. The largest absolute Gasteiger partial charge is 0.394 e. The fraction of sp³-hybridized carbons (Fsp3) is 0.154. The number of rotatable bonds is 4. The molecule has 2 N–H and O–H groups in total. The summed E-state index contributed by atoms with van der Waals surface area (Å²) in [6, 6.07) is 9.12. The van der Waals surface area contributed by atoms with Gasteiger partial charge in [-0.3, -0.25) is 4.98 Å². The van der Waals surface area contributed by atoms with Crippen LogP contribution in [0.3, 0.4) is 0 Å². The number of pyridine rings is 1. The third-order valence-corrected chi connectivity index (χ3v) is 3.74. The number of nitrogens with zero attached hydrogens (tertiary/aromatic N) is 1. The normalized spacial score (nSPS) is 12.2. The van der Waals surface area contributed by atoms with Crippen molar-refractivity contribution in [2.75, 3.05) is 11.9 Å². The number of benzene rings is 1. The highest BCUT2D eigenvalue weighted by molar-refractivity contribution is 9.10. The third kappa shape index (κ3) is 3.22. The lowest BCUT2D eigenvalue weighted by Crippen LogP contribution is -2.14. The standard InChI is InChI=1S/C13H12BrClN2O/c14-11-6-10(3-4-12(11)15)17-13(8-18)9-2-1-5-16-7-9/h1-7,13,17-18H,8H2. The van der Waals surface area contributed by atoms with E-state index in [1.807, 2.05) is 24.3 Å². The van der Waals surface area contributed by atoms with E-state index < -0.39 is 0 Å². The molecule has 1 heterocycles. The van der Waals surface area contributed by atoms with Gasteiger partial charge in [-0.1, -0.05) is 17.7 Å². The minimum atomic E-state index is -0.188. The van der Waals surface area contributed by atoms with Gasteiger partial charge in [-0.15, -0.1) is 0 Å². The van der Waals surface area contributed by atoms with Crippen LogP contribution in [0.4, 0.5) is 5.69 Å². The number of aliphatic hydroxyl groups excluding tert-OH is 1. The van der Waals surface area contributed by atoms with Crippen LogP contribution < -0.4 is 5.32 Å². The highest BCUT2D eigenvalue weighted by Gasteiger charge is 2.10. The van der Waals surface area contributed by atoms with Crippen LogP contribution in [0.2, 0.25) is 5.02 Å². The van der Waals surface area contributed by atoms with Crippen molar-refractivity contribution in [1.29, 1.82) is 0 Å². The highest BCUT2D eigenvalue weighted by atomic mass is 79.9. The summed E-state index contributed by atoms with van der Waals surface area (Å²) in [6.07, 6.45) is 3.44. The molecule has 0 spiro atoms. The zero-order valence-electron chi connectivity index (χ0n) is 9.48. The van der Waals surface area contributed by atoms with Crippen LogP contribution in [-0.2, 0) is 0 Å². The minimum Gasteiger partial charge on any atom is -0.394 e. The Bertz CT molecular complexity index is 522. The fourth-order valence-electron chi connectivity index (χ4n) is 1.60. The summed E-state index contributed by atoms with van der Waals surface area (Å²) in [7, 11) is 0. The van der Waals surface area contributed by atoms with Crippen molar-refractivity contribution in [3.63, 3.8) is 0 Å². The molecule has 3 nitrogen and oxygen atoms in total. The molecular formula is C13H12BrClN2O. The molecule has 0 aliphatic heterocycles. The van der Waals surface area contributed by atoms with E-state index in [2.05, 4.69) is 26.2 Å². The molecule has 5 heteroatoms. The maximum absolute atomic E-state index is 9.44. The molecule has 1 unspecified atom stereocenters. The van der Waals surface area contributed by atoms with E-state index in [1.54, 1.807) is 18.5 Å². The molecule has 0 aliphatic carbocycles. The van der Waals surface area contributed by atoms with Gasteiger partial charge in [0.15, 0.2) is 0 Å². The Morgan fingerprint density at radius 1 is 1.39 bits per heavy atom. The predicted octanol–water partition coefficient (Wildman–Crippen LogP) is 3.64. The second kappa shape index (κ2) is 6.18. The quantitative estimate of drug-likeness (QED) is 0.901. The summed E-state index contributed by atoms with van der Waals surface area (Å²) in [5.74, 6) is 0. The average molecular weight is 328 g/mol. The number of aromatic nitrogens is 1. The zero-order valence-corrected chi connectivity index (χ0v) is 11.8. The molecule has 1 atom stereocenters. The van der Waals surface area contributed by atoms with Crippen LogP contribution in [0.5, 0.6) is 0 Å². The summed E-state index contributed by atoms with van der Waals surface area (Å²) in [6.45, 7) is -0.00800. The van der Waals surface area contributed by atoms with Crippen LogP contribution in [0.15, 0.2) is 47.2 Å². The Balaban J connectivity index is 2.18. The number of halogens is 2. The molecule has 1 aromatic carbocycles. The maximum Gasteiger partial charge on any atom is 0.0759 e. The first kappa shape index (κ1) is 13.3. The number of anilines is 1. The van der Waals surface area contributed by atoms with Crippen LogP contribution in [0.1, 0.15) is 11.6 Å². The van der Waals surface area contributed by atoms with E-state index in [9.17, 15) is 5.11 Å².